The molecule has 1 aromatic carbocycles. The van der Waals surface area contributed by atoms with Crippen molar-refractivity contribution < 1.29 is 0 Å². The van der Waals surface area contributed by atoms with Crippen molar-refractivity contribution in [1.82, 2.24) is 0 Å². The Morgan fingerprint density at radius 1 is 0.955 bits per heavy atom. The molecule has 1 aromatic rings. The van der Waals surface area contributed by atoms with Gasteiger partial charge >= 0.3 is 0 Å². The number of rotatable bonds is 10. The van der Waals surface area contributed by atoms with Gasteiger partial charge in [-0.2, -0.15) is 0 Å². The van der Waals surface area contributed by atoms with Gasteiger partial charge in [0.1, 0.15) is 0 Å². The SMILES string of the molecule is CCCC(CC)CN(CC(CC)CC)c1ccc(N)c(C)c1. The van der Waals surface area contributed by atoms with Crippen LogP contribution in [-0.2, 0) is 0 Å². The summed E-state index contributed by atoms with van der Waals surface area (Å²) in [5.74, 6) is 1.56. The Kier molecular flexibility index (Phi) is 8.37. The number of nitrogen functional groups attached to an aromatic ring is 1. The first-order valence-corrected chi connectivity index (χ1v) is 9.16. The molecule has 0 aliphatic rings. The second-order valence-electron chi connectivity index (χ2n) is 6.69. The minimum atomic E-state index is 0.775. The van der Waals surface area contributed by atoms with Gasteiger partial charge in [0.05, 0.1) is 0 Å². The molecule has 1 rings (SSSR count). The minimum Gasteiger partial charge on any atom is -0.399 e. The van der Waals surface area contributed by atoms with Crippen molar-refractivity contribution in [3.63, 3.8) is 0 Å². The van der Waals surface area contributed by atoms with Crippen LogP contribution in [0, 0.1) is 18.8 Å². The van der Waals surface area contributed by atoms with Crippen molar-refractivity contribution in [3.8, 4) is 0 Å². The molecule has 0 fully saturated rings. The monoisotopic (exact) mass is 304 g/mol. The average molecular weight is 305 g/mol. The van der Waals surface area contributed by atoms with E-state index in [1.807, 2.05) is 0 Å². The maximum Gasteiger partial charge on any atom is 0.0370 e. The van der Waals surface area contributed by atoms with E-state index in [1.165, 1.54) is 49.9 Å². The Morgan fingerprint density at radius 2 is 1.55 bits per heavy atom. The fourth-order valence-corrected chi connectivity index (χ4v) is 3.14. The van der Waals surface area contributed by atoms with Crippen LogP contribution in [0.3, 0.4) is 0 Å². The molecule has 0 spiro atoms. The summed E-state index contributed by atoms with van der Waals surface area (Å²) in [5.41, 5.74) is 9.43. The minimum absolute atomic E-state index is 0.775. The van der Waals surface area contributed by atoms with Gasteiger partial charge in [0.25, 0.3) is 0 Å². The van der Waals surface area contributed by atoms with E-state index < -0.39 is 0 Å². The lowest BCUT2D eigenvalue weighted by Gasteiger charge is -2.32. The first-order chi connectivity index (χ1) is 10.5. The molecule has 2 N–H and O–H groups in total. The molecule has 1 unspecified atom stereocenters. The Bertz CT molecular complexity index is 424. The second kappa shape index (κ2) is 9.76. The summed E-state index contributed by atoms with van der Waals surface area (Å²) in [6.45, 7) is 13.7. The first-order valence-electron chi connectivity index (χ1n) is 9.16. The predicted molar refractivity (Wildman–Crippen MR) is 101 cm³/mol. The molecule has 0 bridgehead atoms. The van der Waals surface area contributed by atoms with Crippen LogP contribution in [0.4, 0.5) is 11.4 Å². The number of nitrogens with two attached hydrogens (primary N) is 1. The van der Waals surface area contributed by atoms with E-state index in [0.29, 0.717) is 0 Å². The van der Waals surface area contributed by atoms with Crippen molar-refractivity contribution in [2.24, 2.45) is 11.8 Å². The normalized spacial score (nSPS) is 12.6. The number of benzene rings is 1. The fourth-order valence-electron chi connectivity index (χ4n) is 3.14. The van der Waals surface area contributed by atoms with Crippen LogP contribution in [0.1, 0.15) is 65.4 Å². The highest BCUT2D eigenvalue weighted by Crippen LogP contribution is 2.25. The van der Waals surface area contributed by atoms with Gasteiger partial charge in [-0.05, 0) is 48.9 Å². The van der Waals surface area contributed by atoms with Crippen LogP contribution in [0.5, 0.6) is 0 Å². The number of nitrogens with zero attached hydrogens (tertiary/aromatic N) is 1. The van der Waals surface area contributed by atoms with E-state index in [4.69, 9.17) is 5.73 Å². The van der Waals surface area contributed by atoms with Crippen LogP contribution in [0.2, 0.25) is 0 Å². The van der Waals surface area contributed by atoms with Gasteiger partial charge in [-0.1, -0.05) is 53.4 Å². The van der Waals surface area contributed by atoms with Gasteiger partial charge in [-0.3, -0.25) is 0 Å². The summed E-state index contributed by atoms with van der Waals surface area (Å²) < 4.78 is 0. The van der Waals surface area contributed by atoms with Crippen LogP contribution in [-0.4, -0.2) is 13.1 Å². The number of aryl methyl sites for hydroxylation is 1. The van der Waals surface area contributed by atoms with Gasteiger partial charge in [-0.15, -0.1) is 0 Å². The number of hydrogen-bond acceptors (Lipinski definition) is 2. The first kappa shape index (κ1) is 18.9. The molecule has 0 aromatic heterocycles. The third kappa shape index (κ3) is 5.55. The lowest BCUT2D eigenvalue weighted by Crippen LogP contribution is -2.34. The van der Waals surface area contributed by atoms with Crippen molar-refractivity contribution in [3.05, 3.63) is 23.8 Å². The van der Waals surface area contributed by atoms with Crippen molar-refractivity contribution in [1.29, 1.82) is 0 Å². The van der Waals surface area contributed by atoms with Crippen LogP contribution >= 0.6 is 0 Å². The molecule has 0 saturated carbocycles. The molecule has 0 aliphatic heterocycles. The molecule has 2 heteroatoms. The highest BCUT2D eigenvalue weighted by Gasteiger charge is 2.17. The van der Waals surface area contributed by atoms with Crippen molar-refractivity contribution in [2.75, 3.05) is 23.7 Å². The Hall–Kier alpha value is -1.18. The maximum absolute atomic E-state index is 6.00. The lowest BCUT2D eigenvalue weighted by atomic mass is 9.97. The van der Waals surface area contributed by atoms with Gasteiger partial charge in [0.2, 0.25) is 0 Å². The van der Waals surface area contributed by atoms with Gasteiger partial charge in [-0.25, -0.2) is 0 Å². The van der Waals surface area contributed by atoms with Gasteiger partial charge in [0, 0.05) is 24.5 Å². The van der Waals surface area contributed by atoms with E-state index in [9.17, 15) is 0 Å². The fraction of sp³-hybridized carbons (Fsp3) is 0.700. The zero-order valence-corrected chi connectivity index (χ0v) is 15.4. The Morgan fingerprint density at radius 3 is 2.05 bits per heavy atom. The molecule has 2 nitrogen and oxygen atoms in total. The van der Waals surface area contributed by atoms with Crippen LogP contribution in [0.15, 0.2) is 18.2 Å². The molecular formula is C20H36N2. The standard InChI is InChI=1S/C20H36N2/c1-6-10-18(9-4)15-22(14-17(7-2)8-3)19-11-12-20(21)16(5)13-19/h11-13,17-18H,6-10,14-15,21H2,1-5H3. The van der Waals surface area contributed by atoms with E-state index >= 15 is 0 Å². The van der Waals surface area contributed by atoms with E-state index in [0.717, 1.165) is 24.1 Å². The molecule has 0 radical (unpaired) electrons. The average Bonchev–Trinajstić information content (AvgIpc) is 2.53. The molecule has 0 amide bonds. The highest BCUT2D eigenvalue weighted by molar-refractivity contribution is 5.58. The van der Waals surface area contributed by atoms with Crippen molar-refractivity contribution >= 4 is 11.4 Å². The topological polar surface area (TPSA) is 29.3 Å². The number of anilines is 2. The van der Waals surface area contributed by atoms with Crippen LogP contribution < -0.4 is 10.6 Å². The van der Waals surface area contributed by atoms with E-state index in [2.05, 4.69) is 57.7 Å². The van der Waals surface area contributed by atoms with Gasteiger partial charge in [0.15, 0.2) is 0 Å². The molecule has 0 heterocycles. The third-order valence-corrected chi connectivity index (χ3v) is 5.00. The van der Waals surface area contributed by atoms with E-state index in [-0.39, 0.29) is 0 Å². The summed E-state index contributed by atoms with van der Waals surface area (Å²) in [7, 11) is 0. The molecule has 0 saturated heterocycles. The zero-order valence-electron chi connectivity index (χ0n) is 15.4. The summed E-state index contributed by atoms with van der Waals surface area (Å²) in [6.07, 6.45) is 6.38. The molecular weight excluding hydrogens is 268 g/mol. The second-order valence-corrected chi connectivity index (χ2v) is 6.69. The summed E-state index contributed by atoms with van der Waals surface area (Å²) >= 11 is 0. The largest absolute Gasteiger partial charge is 0.399 e. The molecule has 0 aliphatic carbocycles. The molecule has 1 atom stereocenters. The van der Waals surface area contributed by atoms with Gasteiger partial charge < -0.3 is 10.6 Å². The molecule has 126 valence electrons. The quantitative estimate of drug-likeness (QED) is 0.566. The smallest absolute Gasteiger partial charge is 0.0370 e. The summed E-state index contributed by atoms with van der Waals surface area (Å²) in [4.78, 5) is 2.61. The van der Waals surface area contributed by atoms with Crippen LogP contribution in [0.25, 0.3) is 0 Å². The number of hydrogen-bond donors (Lipinski definition) is 1. The zero-order chi connectivity index (χ0) is 16.5. The van der Waals surface area contributed by atoms with Crippen molar-refractivity contribution in [2.45, 2.75) is 66.7 Å². The summed E-state index contributed by atoms with van der Waals surface area (Å²) in [6, 6.07) is 6.52. The molecule has 22 heavy (non-hydrogen) atoms. The third-order valence-electron chi connectivity index (χ3n) is 5.00. The Balaban J connectivity index is 2.95. The Labute approximate surface area is 138 Å². The highest BCUT2D eigenvalue weighted by atomic mass is 15.1. The lowest BCUT2D eigenvalue weighted by molar-refractivity contribution is 0.422. The maximum atomic E-state index is 6.00. The summed E-state index contributed by atoms with van der Waals surface area (Å²) in [5, 5.41) is 0. The van der Waals surface area contributed by atoms with E-state index in [1.54, 1.807) is 0 Å². The predicted octanol–water partition coefficient (Wildman–Crippen LogP) is 5.65.